The Balaban J connectivity index is 1.93. The van der Waals surface area contributed by atoms with E-state index in [4.69, 9.17) is 0 Å². The van der Waals surface area contributed by atoms with Gasteiger partial charge in [0.25, 0.3) is 0 Å². The summed E-state index contributed by atoms with van der Waals surface area (Å²) in [7, 11) is 0. The lowest BCUT2D eigenvalue weighted by Gasteiger charge is -2.01. The van der Waals surface area contributed by atoms with Crippen molar-refractivity contribution < 1.29 is 15.0 Å². The number of phenols is 2. The molecule has 3 N–H and O–H groups in total. The molecule has 1 amide bonds. The molecular formula is C13H13N3O3S. The topological polar surface area (TPSA) is 94.8 Å². The molecule has 1 heterocycles. The summed E-state index contributed by atoms with van der Waals surface area (Å²) in [6, 6.07) is 4.49. The number of nitrogens with zero attached hydrogens (tertiary/aromatic N) is 2. The van der Waals surface area contributed by atoms with Gasteiger partial charge in [0.2, 0.25) is 5.91 Å². The second kappa shape index (κ2) is 6.16. The van der Waals surface area contributed by atoms with Crippen LogP contribution >= 0.6 is 11.3 Å². The number of hydrazone groups is 1. The fourth-order valence-corrected chi connectivity index (χ4v) is 2.13. The molecule has 0 bridgehead atoms. The van der Waals surface area contributed by atoms with Crippen LogP contribution in [0.4, 0.5) is 0 Å². The van der Waals surface area contributed by atoms with Gasteiger partial charge in [0, 0.05) is 10.9 Å². The third kappa shape index (κ3) is 3.55. The first kappa shape index (κ1) is 14.0. The lowest BCUT2D eigenvalue weighted by Crippen LogP contribution is -2.19. The first-order chi connectivity index (χ1) is 9.56. The second-order valence-corrected chi connectivity index (χ2v) is 5.11. The maximum absolute atomic E-state index is 11.6. The number of hydrogen-bond acceptors (Lipinski definition) is 6. The van der Waals surface area contributed by atoms with Gasteiger partial charge >= 0.3 is 0 Å². The van der Waals surface area contributed by atoms with E-state index in [0.717, 1.165) is 5.01 Å². The van der Waals surface area contributed by atoms with Gasteiger partial charge in [-0.1, -0.05) is 6.07 Å². The number of phenolic OH excluding ortho intramolecular Hbond substituents is 2. The maximum Gasteiger partial charge on any atom is 0.246 e. The highest BCUT2D eigenvalue weighted by molar-refractivity contribution is 7.09. The number of aromatic nitrogens is 1. The Kier molecular flexibility index (Phi) is 4.31. The van der Waals surface area contributed by atoms with Gasteiger partial charge in [0.15, 0.2) is 11.5 Å². The largest absolute Gasteiger partial charge is 0.504 e. The monoisotopic (exact) mass is 291 g/mol. The fraction of sp³-hybridized carbons (Fsp3) is 0.154. The first-order valence-corrected chi connectivity index (χ1v) is 6.68. The summed E-state index contributed by atoms with van der Waals surface area (Å²) in [6.07, 6.45) is 1.41. The Morgan fingerprint density at radius 2 is 2.30 bits per heavy atom. The van der Waals surface area contributed by atoms with E-state index in [-0.39, 0.29) is 23.8 Å². The summed E-state index contributed by atoms with van der Waals surface area (Å²) in [4.78, 5) is 15.8. The van der Waals surface area contributed by atoms with E-state index in [1.165, 1.54) is 23.6 Å². The Hall–Kier alpha value is -2.41. The highest BCUT2D eigenvalue weighted by atomic mass is 32.1. The molecule has 1 aromatic carbocycles. The van der Waals surface area contributed by atoms with Gasteiger partial charge in [-0.2, -0.15) is 5.10 Å². The summed E-state index contributed by atoms with van der Waals surface area (Å²) >= 11 is 1.48. The molecule has 0 saturated carbocycles. The molecule has 0 aliphatic rings. The Morgan fingerprint density at radius 1 is 1.50 bits per heavy atom. The van der Waals surface area contributed by atoms with Gasteiger partial charge < -0.3 is 10.2 Å². The van der Waals surface area contributed by atoms with Gasteiger partial charge in [-0.05, 0) is 19.1 Å². The fourth-order valence-electron chi connectivity index (χ4n) is 1.52. The number of rotatable bonds is 4. The van der Waals surface area contributed by atoms with Crippen LogP contribution in [-0.4, -0.2) is 27.3 Å². The highest BCUT2D eigenvalue weighted by Gasteiger charge is 2.06. The zero-order chi connectivity index (χ0) is 14.5. The van der Waals surface area contributed by atoms with Crippen LogP contribution in [0.2, 0.25) is 0 Å². The number of thiazole rings is 1. The van der Waals surface area contributed by atoms with Gasteiger partial charge in [0.05, 0.1) is 23.3 Å². The number of carbonyl (C=O) groups is 1. The number of hydrogen-bond donors (Lipinski definition) is 3. The molecule has 6 nitrogen and oxygen atoms in total. The predicted molar refractivity (Wildman–Crippen MR) is 76.1 cm³/mol. The molecule has 1 aromatic heterocycles. The van der Waals surface area contributed by atoms with Crippen LogP contribution in [0.5, 0.6) is 11.5 Å². The van der Waals surface area contributed by atoms with Crippen molar-refractivity contribution in [2.75, 3.05) is 0 Å². The number of amides is 1. The number of para-hydroxylation sites is 1. The molecule has 0 aliphatic heterocycles. The summed E-state index contributed by atoms with van der Waals surface area (Å²) in [5.74, 6) is -0.815. The minimum absolute atomic E-state index is 0.147. The minimum Gasteiger partial charge on any atom is -0.504 e. The van der Waals surface area contributed by atoms with E-state index in [2.05, 4.69) is 15.5 Å². The van der Waals surface area contributed by atoms with Crippen molar-refractivity contribution in [1.82, 2.24) is 10.4 Å². The minimum atomic E-state index is -0.300. The number of nitrogens with one attached hydrogen (secondary N) is 1. The summed E-state index contributed by atoms with van der Waals surface area (Å²) in [5.41, 5.74) is 3.35. The summed E-state index contributed by atoms with van der Waals surface area (Å²) in [5, 5.41) is 25.3. The molecule has 0 spiro atoms. The zero-order valence-corrected chi connectivity index (χ0v) is 11.5. The van der Waals surface area contributed by atoms with Crippen LogP contribution in [0.1, 0.15) is 16.3 Å². The number of aromatic hydroxyl groups is 2. The number of aryl methyl sites for hydroxylation is 1. The van der Waals surface area contributed by atoms with Crippen LogP contribution < -0.4 is 5.43 Å². The Morgan fingerprint density at radius 3 is 3.00 bits per heavy atom. The molecule has 104 valence electrons. The molecule has 7 heteroatoms. The van der Waals surface area contributed by atoms with Gasteiger partial charge in [-0.3, -0.25) is 4.79 Å². The summed E-state index contributed by atoms with van der Waals surface area (Å²) in [6.45, 7) is 1.87. The van der Waals surface area contributed by atoms with Crippen molar-refractivity contribution in [3.8, 4) is 11.5 Å². The number of carbonyl (C=O) groups excluding carboxylic acids is 1. The van der Waals surface area contributed by atoms with Crippen molar-refractivity contribution in [3.05, 3.63) is 39.8 Å². The van der Waals surface area contributed by atoms with Crippen molar-refractivity contribution in [2.45, 2.75) is 13.3 Å². The Labute approximate surface area is 119 Å². The average molecular weight is 291 g/mol. The Bertz CT molecular complexity index is 652. The summed E-state index contributed by atoms with van der Waals surface area (Å²) < 4.78 is 0. The number of benzene rings is 1. The van der Waals surface area contributed by atoms with E-state index in [1.807, 2.05) is 12.3 Å². The van der Waals surface area contributed by atoms with Crippen molar-refractivity contribution in [2.24, 2.45) is 5.10 Å². The molecule has 0 radical (unpaired) electrons. The van der Waals surface area contributed by atoms with Crippen molar-refractivity contribution in [1.29, 1.82) is 0 Å². The van der Waals surface area contributed by atoms with Gasteiger partial charge in [-0.25, -0.2) is 10.4 Å². The van der Waals surface area contributed by atoms with Crippen molar-refractivity contribution in [3.63, 3.8) is 0 Å². The van der Waals surface area contributed by atoms with Crippen LogP contribution in [0.3, 0.4) is 0 Å². The highest BCUT2D eigenvalue weighted by Crippen LogP contribution is 2.26. The molecule has 2 aromatic rings. The lowest BCUT2D eigenvalue weighted by molar-refractivity contribution is -0.120. The molecular weight excluding hydrogens is 278 g/mol. The van der Waals surface area contributed by atoms with Crippen LogP contribution in [0.25, 0.3) is 0 Å². The van der Waals surface area contributed by atoms with Crippen LogP contribution in [0.15, 0.2) is 28.7 Å². The normalized spacial score (nSPS) is 10.8. The zero-order valence-electron chi connectivity index (χ0n) is 10.7. The van der Waals surface area contributed by atoms with E-state index in [0.29, 0.717) is 11.3 Å². The van der Waals surface area contributed by atoms with E-state index >= 15 is 0 Å². The molecule has 0 fully saturated rings. The second-order valence-electron chi connectivity index (χ2n) is 4.04. The SMILES string of the molecule is Cc1nc(CC(=O)N/N=C/c2cccc(O)c2O)cs1. The lowest BCUT2D eigenvalue weighted by atomic mass is 10.2. The predicted octanol–water partition coefficient (Wildman–Crippen LogP) is 1.56. The first-order valence-electron chi connectivity index (χ1n) is 5.80. The third-order valence-corrected chi connectivity index (χ3v) is 3.27. The smallest absolute Gasteiger partial charge is 0.246 e. The third-order valence-electron chi connectivity index (χ3n) is 2.45. The standard InChI is InChI=1S/C13H13N3O3S/c1-8-15-10(7-20-8)5-12(18)16-14-6-9-3-2-4-11(17)13(9)19/h2-4,6-7,17,19H,5H2,1H3,(H,16,18)/b14-6+. The molecule has 20 heavy (non-hydrogen) atoms. The molecule has 0 aliphatic carbocycles. The van der Waals surface area contributed by atoms with E-state index in [9.17, 15) is 15.0 Å². The van der Waals surface area contributed by atoms with E-state index in [1.54, 1.807) is 12.1 Å². The van der Waals surface area contributed by atoms with Gasteiger partial charge in [-0.15, -0.1) is 11.3 Å². The molecule has 0 atom stereocenters. The van der Waals surface area contributed by atoms with E-state index < -0.39 is 0 Å². The van der Waals surface area contributed by atoms with Crippen molar-refractivity contribution >= 4 is 23.5 Å². The quantitative estimate of drug-likeness (QED) is 0.452. The van der Waals surface area contributed by atoms with Crippen LogP contribution in [-0.2, 0) is 11.2 Å². The molecule has 0 unspecified atom stereocenters. The maximum atomic E-state index is 11.6. The molecule has 0 saturated heterocycles. The molecule has 2 rings (SSSR count). The van der Waals surface area contributed by atoms with Crippen LogP contribution in [0, 0.1) is 6.92 Å². The average Bonchev–Trinajstić information content (AvgIpc) is 2.80. The van der Waals surface area contributed by atoms with Gasteiger partial charge in [0.1, 0.15) is 0 Å².